The summed E-state index contributed by atoms with van der Waals surface area (Å²) in [6.07, 6.45) is 8.68. The molecule has 0 aliphatic heterocycles. The minimum Gasteiger partial charge on any atom is -0.330 e. The number of thioether (sulfide) groups is 1. The average Bonchev–Trinajstić information content (AvgIpc) is 2.28. The predicted molar refractivity (Wildman–Crippen MR) is 53.0 cm³/mol. The van der Waals surface area contributed by atoms with Gasteiger partial charge in [-0.15, -0.1) is 0 Å². The van der Waals surface area contributed by atoms with Crippen LogP contribution in [0.3, 0.4) is 0 Å². The molecule has 1 nitrogen and oxygen atoms in total. The van der Waals surface area contributed by atoms with Gasteiger partial charge in [0.1, 0.15) is 0 Å². The highest BCUT2D eigenvalue weighted by Crippen LogP contribution is 2.26. The number of hydrogen-bond donors (Lipinski definition) is 1. The Morgan fingerprint density at radius 1 is 1.09 bits per heavy atom. The van der Waals surface area contributed by atoms with Gasteiger partial charge in [0.2, 0.25) is 0 Å². The summed E-state index contributed by atoms with van der Waals surface area (Å²) >= 11 is 2.09. The highest BCUT2D eigenvalue weighted by Gasteiger charge is 2.11. The Morgan fingerprint density at radius 3 is 2.27 bits per heavy atom. The van der Waals surface area contributed by atoms with Gasteiger partial charge in [0.15, 0.2) is 0 Å². The fourth-order valence-corrected chi connectivity index (χ4v) is 2.78. The van der Waals surface area contributed by atoms with Crippen LogP contribution in [0.2, 0.25) is 0 Å². The third-order valence-electron chi connectivity index (χ3n) is 2.27. The molecular formula is C9H19NS. The smallest absolute Gasteiger partial charge is 0.00586 e. The van der Waals surface area contributed by atoms with E-state index in [9.17, 15) is 0 Å². The Bertz CT molecular complexity index is 87.6. The van der Waals surface area contributed by atoms with Crippen LogP contribution in [0.4, 0.5) is 0 Å². The van der Waals surface area contributed by atoms with Crippen molar-refractivity contribution in [2.45, 2.75) is 43.8 Å². The van der Waals surface area contributed by atoms with Gasteiger partial charge in [0, 0.05) is 17.5 Å². The first-order valence-corrected chi connectivity index (χ1v) is 5.80. The number of rotatable bonds is 3. The number of nitrogens with two attached hydrogens (primary N) is 1. The zero-order valence-corrected chi connectivity index (χ0v) is 8.04. The van der Waals surface area contributed by atoms with Gasteiger partial charge in [0.25, 0.3) is 0 Å². The zero-order chi connectivity index (χ0) is 7.94. The van der Waals surface area contributed by atoms with Gasteiger partial charge < -0.3 is 5.73 Å². The van der Waals surface area contributed by atoms with E-state index in [-0.39, 0.29) is 0 Å². The maximum atomic E-state index is 5.46. The van der Waals surface area contributed by atoms with Crippen molar-refractivity contribution in [1.82, 2.24) is 0 Å². The van der Waals surface area contributed by atoms with Gasteiger partial charge in [-0.25, -0.2) is 0 Å². The summed E-state index contributed by atoms with van der Waals surface area (Å²) in [6, 6.07) is 0. The summed E-state index contributed by atoms with van der Waals surface area (Å²) in [5.41, 5.74) is 5.46. The van der Waals surface area contributed by atoms with Crippen molar-refractivity contribution in [3.63, 3.8) is 0 Å². The van der Waals surface area contributed by atoms with Crippen molar-refractivity contribution in [3.8, 4) is 0 Å². The predicted octanol–water partition coefficient (Wildman–Crippen LogP) is 2.40. The maximum Gasteiger partial charge on any atom is 0.00586 e. The Hall–Kier alpha value is 0.310. The van der Waals surface area contributed by atoms with E-state index in [4.69, 9.17) is 5.73 Å². The minimum absolute atomic E-state index is 0.848. The molecule has 2 N–H and O–H groups in total. The van der Waals surface area contributed by atoms with Gasteiger partial charge in [-0.3, -0.25) is 0 Å². The van der Waals surface area contributed by atoms with E-state index >= 15 is 0 Å². The quantitative estimate of drug-likeness (QED) is 0.663. The summed E-state index contributed by atoms with van der Waals surface area (Å²) in [5.74, 6) is 1.16. The van der Waals surface area contributed by atoms with E-state index in [2.05, 4.69) is 11.8 Å². The highest BCUT2D eigenvalue weighted by atomic mass is 32.2. The first kappa shape index (κ1) is 9.40. The van der Waals surface area contributed by atoms with E-state index in [0.29, 0.717) is 0 Å². The molecule has 0 radical (unpaired) electrons. The average molecular weight is 173 g/mol. The molecule has 0 aromatic carbocycles. The van der Waals surface area contributed by atoms with E-state index in [1.54, 1.807) is 0 Å². The van der Waals surface area contributed by atoms with Gasteiger partial charge in [-0.1, -0.05) is 25.7 Å². The van der Waals surface area contributed by atoms with Crippen LogP contribution < -0.4 is 5.73 Å². The lowest BCUT2D eigenvalue weighted by atomic mass is 10.2. The van der Waals surface area contributed by atoms with Crippen LogP contribution in [0.25, 0.3) is 0 Å². The van der Waals surface area contributed by atoms with Gasteiger partial charge >= 0.3 is 0 Å². The molecule has 0 atom stereocenters. The molecule has 1 aliphatic carbocycles. The molecule has 0 aromatic heterocycles. The Labute approximate surface area is 74.1 Å². The summed E-state index contributed by atoms with van der Waals surface area (Å²) in [4.78, 5) is 0. The van der Waals surface area contributed by atoms with Crippen molar-refractivity contribution < 1.29 is 0 Å². The van der Waals surface area contributed by atoms with Crippen LogP contribution in [0.5, 0.6) is 0 Å². The molecule has 0 bridgehead atoms. The molecule has 2 heteroatoms. The Kier molecular flexibility index (Phi) is 5.04. The maximum absolute atomic E-state index is 5.46. The highest BCUT2D eigenvalue weighted by molar-refractivity contribution is 7.99. The molecule has 0 spiro atoms. The largest absolute Gasteiger partial charge is 0.330 e. The summed E-state index contributed by atoms with van der Waals surface area (Å²) in [5, 5.41) is 0.932. The van der Waals surface area contributed by atoms with Crippen LogP contribution >= 0.6 is 11.8 Å². The van der Waals surface area contributed by atoms with Crippen LogP contribution in [0, 0.1) is 0 Å². The molecule has 0 unspecified atom stereocenters. The molecule has 0 amide bonds. The minimum atomic E-state index is 0.848. The second kappa shape index (κ2) is 5.90. The van der Waals surface area contributed by atoms with Gasteiger partial charge in [-0.05, 0) is 12.8 Å². The van der Waals surface area contributed by atoms with E-state index < -0.39 is 0 Å². The van der Waals surface area contributed by atoms with Crippen molar-refractivity contribution in [2.75, 3.05) is 12.3 Å². The first-order chi connectivity index (χ1) is 5.43. The molecule has 66 valence electrons. The molecule has 0 aromatic rings. The fourth-order valence-electron chi connectivity index (χ4n) is 1.64. The van der Waals surface area contributed by atoms with Crippen LogP contribution in [-0.2, 0) is 0 Å². The first-order valence-electron chi connectivity index (χ1n) is 4.75. The fraction of sp³-hybridized carbons (Fsp3) is 1.00. The normalized spacial score (nSPS) is 21.5. The van der Waals surface area contributed by atoms with E-state index in [1.807, 2.05) is 0 Å². The second-order valence-corrected chi connectivity index (χ2v) is 4.68. The monoisotopic (exact) mass is 173 g/mol. The molecular weight excluding hydrogens is 154 g/mol. The molecule has 1 fully saturated rings. The lowest BCUT2D eigenvalue weighted by Crippen LogP contribution is -2.07. The second-order valence-electron chi connectivity index (χ2n) is 3.27. The lowest BCUT2D eigenvalue weighted by molar-refractivity contribution is 0.702. The van der Waals surface area contributed by atoms with Crippen molar-refractivity contribution in [1.29, 1.82) is 0 Å². The molecule has 0 heterocycles. The van der Waals surface area contributed by atoms with Crippen LogP contribution in [0.15, 0.2) is 0 Å². The Morgan fingerprint density at radius 2 is 1.73 bits per heavy atom. The van der Waals surface area contributed by atoms with Crippen LogP contribution in [-0.4, -0.2) is 17.5 Å². The SMILES string of the molecule is NCCSC1CCCCCC1. The third-order valence-corrected chi connectivity index (χ3v) is 3.69. The van der Waals surface area contributed by atoms with Crippen molar-refractivity contribution in [3.05, 3.63) is 0 Å². The topological polar surface area (TPSA) is 26.0 Å². The summed E-state index contributed by atoms with van der Waals surface area (Å²) in [6.45, 7) is 0.848. The lowest BCUT2D eigenvalue weighted by Gasteiger charge is -2.11. The standard InChI is InChI=1S/C9H19NS/c10-7-8-11-9-5-3-1-2-4-6-9/h9H,1-8,10H2. The van der Waals surface area contributed by atoms with Gasteiger partial charge in [0.05, 0.1) is 0 Å². The zero-order valence-electron chi connectivity index (χ0n) is 7.22. The molecule has 1 aliphatic rings. The molecule has 0 saturated heterocycles. The molecule has 11 heavy (non-hydrogen) atoms. The third kappa shape index (κ3) is 4.02. The Balaban J connectivity index is 2.09. The van der Waals surface area contributed by atoms with Gasteiger partial charge in [-0.2, -0.15) is 11.8 Å². The van der Waals surface area contributed by atoms with E-state index in [0.717, 1.165) is 17.5 Å². The van der Waals surface area contributed by atoms with Crippen molar-refractivity contribution >= 4 is 11.8 Å². The van der Waals surface area contributed by atoms with E-state index in [1.165, 1.54) is 38.5 Å². The van der Waals surface area contributed by atoms with Crippen LogP contribution in [0.1, 0.15) is 38.5 Å². The summed E-state index contributed by atoms with van der Waals surface area (Å²) < 4.78 is 0. The van der Waals surface area contributed by atoms with Crippen molar-refractivity contribution in [2.24, 2.45) is 5.73 Å². The number of hydrogen-bond acceptors (Lipinski definition) is 2. The summed E-state index contributed by atoms with van der Waals surface area (Å²) in [7, 11) is 0. The molecule has 1 saturated carbocycles. The molecule has 1 rings (SSSR count).